The van der Waals surface area contributed by atoms with Crippen LogP contribution in [0.15, 0.2) is 10.7 Å². The number of anilines is 1. The quantitative estimate of drug-likeness (QED) is 0.859. The lowest BCUT2D eigenvalue weighted by molar-refractivity contribution is 0.0689. The zero-order chi connectivity index (χ0) is 10.1. The maximum Gasteiger partial charge on any atom is 0.355 e. The third kappa shape index (κ3) is 2.01. The number of halogens is 1. The van der Waals surface area contributed by atoms with Crippen LogP contribution in [0.4, 0.5) is 5.95 Å². The number of carbonyl (C=O) groups is 1. The molecule has 1 aromatic rings. The van der Waals surface area contributed by atoms with Gasteiger partial charge in [-0.1, -0.05) is 0 Å². The second kappa shape index (κ2) is 3.53. The first-order valence-electron chi connectivity index (χ1n) is 4.19. The van der Waals surface area contributed by atoms with Crippen molar-refractivity contribution in [2.45, 2.75) is 18.9 Å². The summed E-state index contributed by atoms with van der Waals surface area (Å²) in [6.45, 7) is 0. The molecule has 1 fully saturated rings. The molecular formula is C8H8BrN3O2. The lowest BCUT2D eigenvalue weighted by atomic mass is 10.4. The fraction of sp³-hybridized carbons (Fsp3) is 0.375. The first-order chi connectivity index (χ1) is 6.66. The highest BCUT2D eigenvalue weighted by Gasteiger charge is 2.22. The largest absolute Gasteiger partial charge is 0.476 e. The first-order valence-corrected chi connectivity index (χ1v) is 4.98. The Morgan fingerprint density at radius 2 is 2.36 bits per heavy atom. The van der Waals surface area contributed by atoms with Gasteiger partial charge >= 0.3 is 5.97 Å². The van der Waals surface area contributed by atoms with Gasteiger partial charge in [0.2, 0.25) is 5.95 Å². The molecule has 0 aliphatic heterocycles. The third-order valence-corrected chi connectivity index (χ3v) is 2.44. The molecule has 0 unspecified atom stereocenters. The zero-order valence-corrected chi connectivity index (χ0v) is 8.78. The van der Waals surface area contributed by atoms with Crippen molar-refractivity contribution in [1.82, 2.24) is 9.97 Å². The summed E-state index contributed by atoms with van der Waals surface area (Å²) >= 11 is 3.08. The van der Waals surface area contributed by atoms with Gasteiger partial charge in [0.1, 0.15) is 0 Å². The molecule has 0 bridgehead atoms. The monoisotopic (exact) mass is 257 g/mol. The second-order valence-corrected chi connectivity index (χ2v) is 3.97. The lowest BCUT2D eigenvalue weighted by Gasteiger charge is -2.03. The molecule has 1 aromatic heterocycles. The Kier molecular flexibility index (Phi) is 2.37. The standard InChI is InChI=1S/C8H8BrN3O2/c9-5-3-10-8(11-4-1-2-4)12-6(5)7(13)14/h3-4H,1-2H2,(H,13,14)(H,10,11,12). The van der Waals surface area contributed by atoms with Crippen molar-refractivity contribution in [1.29, 1.82) is 0 Å². The number of hydrogen-bond donors (Lipinski definition) is 2. The van der Waals surface area contributed by atoms with Crippen LogP contribution < -0.4 is 5.32 Å². The summed E-state index contributed by atoms with van der Waals surface area (Å²) in [5.74, 6) is -0.675. The van der Waals surface area contributed by atoms with Gasteiger partial charge < -0.3 is 10.4 Å². The number of nitrogens with zero attached hydrogens (tertiary/aromatic N) is 2. The average molecular weight is 258 g/mol. The minimum absolute atomic E-state index is 0.0110. The summed E-state index contributed by atoms with van der Waals surface area (Å²) in [5.41, 5.74) is -0.0110. The smallest absolute Gasteiger partial charge is 0.355 e. The molecule has 2 rings (SSSR count). The van der Waals surface area contributed by atoms with E-state index in [-0.39, 0.29) is 5.69 Å². The molecule has 0 atom stereocenters. The van der Waals surface area contributed by atoms with Gasteiger partial charge in [0.15, 0.2) is 5.69 Å². The molecule has 74 valence electrons. The summed E-state index contributed by atoms with van der Waals surface area (Å²) in [4.78, 5) is 18.6. The number of aromatic carboxylic acids is 1. The van der Waals surface area contributed by atoms with Crippen LogP contribution >= 0.6 is 15.9 Å². The Balaban J connectivity index is 2.24. The minimum Gasteiger partial charge on any atom is -0.476 e. The van der Waals surface area contributed by atoms with Crippen molar-refractivity contribution in [2.75, 3.05) is 5.32 Å². The van der Waals surface area contributed by atoms with Crippen molar-refractivity contribution in [3.63, 3.8) is 0 Å². The van der Waals surface area contributed by atoms with Gasteiger partial charge in [-0.2, -0.15) is 0 Å². The van der Waals surface area contributed by atoms with Crippen LogP contribution in [-0.2, 0) is 0 Å². The molecule has 6 heteroatoms. The highest BCUT2D eigenvalue weighted by molar-refractivity contribution is 9.10. The number of rotatable bonds is 3. The molecule has 0 amide bonds. The fourth-order valence-corrected chi connectivity index (χ4v) is 1.36. The summed E-state index contributed by atoms with van der Waals surface area (Å²) in [6.07, 6.45) is 3.64. The number of aromatic nitrogens is 2. The van der Waals surface area contributed by atoms with E-state index in [2.05, 4.69) is 31.2 Å². The van der Waals surface area contributed by atoms with Crippen molar-refractivity contribution in [3.05, 3.63) is 16.4 Å². The summed E-state index contributed by atoms with van der Waals surface area (Å²) in [6, 6.07) is 0.415. The predicted octanol–water partition coefficient (Wildman–Crippen LogP) is 1.51. The van der Waals surface area contributed by atoms with Gasteiger partial charge in [0, 0.05) is 12.2 Å². The molecule has 1 saturated carbocycles. The second-order valence-electron chi connectivity index (χ2n) is 3.11. The molecule has 2 N–H and O–H groups in total. The van der Waals surface area contributed by atoms with E-state index in [1.54, 1.807) is 0 Å². The molecule has 0 saturated heterocycles. The van der Waals surface area contributed by atoms with Gasteiger partial charge in [0.25, 0.3) is 0 Å². The van der Waals surface area contributed by atoms with E-state index in [9.17, 15) is 4.79 Å². The molecule has 1 aliphatic rings. The van der Waals surface area contributed by atoms with Crippen molar-refractivity contribution < 1.29 is 9.90 Å². The van der Waals surface area contributed by atoms with E-state index in [0.717, 1.165) is 12.8 Å². The van der Waals surface area contributed by atoms with Crippen LogP contribution in [0.3, 0.4) is 0 Å². The molecule has 14 heavy (non-hydrogen) atoms. The molecule has 0 aromatic carbocycles. The first kappa shape index (κ1) is 9.39. The maximum absolute atomic E-state index is 10.7. The molecule has 5 nitrogen and oxygen atoms in total. The fourth-order valence-electron chi connectivity index (χ4n) is 0.997. The number of carboxylic acids is 1. The Morgan fingerprint density at radius 1 is 1.64 bits per heavy atom. The van der Waals surface area contributed by atoms with E-state index in [4.69, 9.17) is 5.11 Å². The summed E-state index contributed by atoms with van der Waals surface area (Å²) in [5, 5.41) is 11.8. The van der Waals surface area contributed by atoms with Crippen molar-refractivity contribution in [2.24, 2.45) is 0 Å². The van der Waals surface area contributed by atoms with Gasteiger partial charge in [-0.3, -0.25) is 0 Å². The Labute approximate surface area is 88.7 Å². The van der Waals surface area contributed by atoms with Gasteiger partial charge in [-0.15, -0.1) is 0 Å². The molecule has 1 heterocycles. The van der Waals surface area contributed by atoms with Gasteiger partial charge in [-0.05, 0) is 28.8 Å². The van der Waals surface area contributed by atoms with Crippen LogP contribution in [0.2, 0.25) is 0 Å². The van der Waals surface area contributed by atoms with Gasteiger partial charge in [0.05, 0.1) is 4.47 Å². The number of carboxylic acid groups (broad SMARTS) is 1. The number of hydrogen-bond acceptors (Lipinski definition) is 4. The van der Waals surface area contributed by atoms with E-state index in [1.165, 1.54) is 6.20 Å². The maximum atomic E-state index is 10.7. The third-order valence-electron chi connectivity index (χ3n) is 1.86. The van der Waals surface area contributed by atoms with E-state index < -0.39 is 5.97 Å². The van der Waals surface area contributed by atoms with Crippen LogP contribution in [0.5, 0.6) is 0 Å². The lowest BCUT2D eigenvalue weighted by Crippen LogP contribution is -2.09. The number of nitrogens with one attached hydrogen (secondary N) is 1. The molecule has 0 radical (unpaired) electrons. The van der Waals surface area contributed by atoms with Crippen LogP contribution in [-0.4, -0.2) is 27.1 Å². The normalized spacial score (nSPS) is 15.2. The Hall–Kier alpha value is -1.17. The highest BCUT2D eigenvalue weighted by atomic mass is 79.9. The van der Waals surface area contributed by atoms with Crippen LogP contribution in [0.1, 0.15) is 23.3 Å². The SMILES string of the molecule is O=C(O)c1nc(NC2CC2)ncc1Br. The zero-order valence-electron chi connectivity index (χ0n) is 7.20. The molecule has 1 aliphatic carbocycles. The van der Waals surface area contributed by atoms with Crippen molar-refractivity contribution >= 4 is 27.8 Å². The topological polar surface area (TPSA) is 75.1 Å². The van der Waals surface area contributed by atoms with Gasteiger partial charge in [-0.25, -0.2) is 14.8 Å². The van der Waals surface area contributed by atoms with E-state index >= 15 is 0 Å². The molecule has 0 spiro atoms. The van der Waals surface area contributed by atoms with Crippen LogP contribution in [0, 0.1) is 0 Å². The average Bonchev–Trinajstić information content (AvgIpc) is 2.92. The Bertz CT molecular complexity index is 379. The van der Waals surface area contributed by atoms with Crippen molar-refractivity contribution in [3.8, 4) is 0 Å². The van der Waals surface area contributed by atoms with E-state index in [1.807, 2.05) is 0 Å². The highest BCUT2D eigenvalue weighted by Crippen LogP contribution is 2.23. The minimum atomic E-state index is -1.06. The predicted molar refractivity (Wildman–Crippen MR) is 53.3 cm³/mol. The van der Waals surface area contributed by atoms with E-state index in [0.29, 0.717) is 16.5 Å². The summed E-state index contributed by atoms with van der Waals surface area (Å²) < 4.78 is 0.395. The molecular weight excluding hydrogens is 250 g/mol. The Morgan fingerprint density at radius 3 is 2.93 bits per heavy atom. The summed E-state index contributed by atoms with van der Waals surface area (Å²) in [7, 11) is 0. The van der Waals surface area contributed by atoms with Crippen LogP contribution in [0.25, 0.3) is 0 Å².